The summed E-state index contributed by atoms with van der Waals surface area (Å²) in [7, 11) is 0. The van der Waals surface area contributed by atoms with Gasteiger partial charge in [-0.3, -0.25) is 0 Å². The van der Waals surface area contributed by atoms with Crippen LogP contribution < -0.4 is 15.4 Å². The summed E-state index contributed by atoms with van der Waals surface area (Å²) in [6.45, 7) is 0. The van der Waals surface area contributed by atoms with Gasteiger partial charge in [0, 0.05) is 12.1 Å². The molecule has 2 aromatic rings. The van der Waals surface area contributed by atoms with Gasteiger partial charge in [-0.2, -0.15) is 0 Å². The number of hydrogen-bond donors (Lipinski definition) is 2. The summed E-state index contributed by atoms with van der Waals surface area (Å²) < 4.78 is 5.69. The third-order valence-electron chi connectivity index (χ3n) is 4.15. The van der Waals surface area contributed by atoms with Crippen LogP contribution in [0.15, 0.2) is 48.7 Å². The van der Waals surface area contributed by atoms with Gasteiger partial charge in [0.1, 0.15) is 5.75 Å². The predicted octanol–water partition coefficient (Wildman–Crippen LogP) is 4.88. The molecule has 1 aromatic heterocycles. The number of ether oxygens (including phenoxy) is 1. The van der Waals surface area contributed by atoms with E-state index >= 15 is 0 Å². The number of thiocarbonyl (C=S) groups is 1. The Kier molecular flexibility index (Phi) is 6.01. The van der Waals surface area contributed by atoms with Crippen LogP contribution in [0.3, 0.4) is 0 Å². The Bertz CT molecular complexity index is 637. The lowest BCUT2D eigenvalue weighted by Gasteiger charge is -2.19. The van der Waals surface area contributed by atoms with Crippen LogP contribution in [0.5, 0.6) is 11.6 Å². The average molecular weight is 341 g/mol. The normalized spacial score (nSPS) is 15.3. The molecular weight excluding hydrogens is 318 g/mol. The molecule has 0 bridgehead atoms. The second-order valence-electron chi connectivity index (χ2n) is 6.09. The largest absolute Gasteiger partial charge is 0.439 e. The maximum atomic E-state index is 5.69. The molecule has 0 unspecified atom stereocenters. The number of anilines is 1. The zero-order valence-electron chi connectivity index (χ0n) is 13.7. The topological polar surface area (TPSA) is 46.2 Å². The highest BCUT2D eigenvalue weighted by Gasteiger charge is 2.13. The summed E-state index contributed by atoms with van der Waals surface area (Å²) in [5, 5.41) is 7.29. The molecule has 1 saturated carbocycles. The monoisotopic (exact) mass is 341 g/mol. The quantitative estimate of drug-likeness (QED) is 0.613. The molecule has 2 N–H and O–H groups in total. The Balaban J connectivity index is 1.51. The molecule has 1 heterocycles. The Hall–Kier alpha value is -2.14. The van der Waals surface area contributed by atoms with Gasteiger partial charge >= 0.3 is 0 Å². The Morgan fingerprint density at radius 3 is 2.42 bits per heavy atom. The lowest BCUT2D eigenvalue weighted by atomic mass is 10.1. The van der Waals surface area contributed by atoms with E-state index in [1.54, 1.807) is 6.20 Å². The smallest absolute Gasteiger partial charge is 0.219 e. The molecule has 1 aromatic carbocycles. The van der Waals surface area contributed by atoms with E-state index < -0.39 is 0 Å². The molecule has 24 heavy (non-hydrogen) atoms. The number of hydrogen-bond acceptors (Lipinski definition) is 3. The fraction of sp³-hybridized carbons (Fsp3) is 0.368. The molecule has 126 valence electrons. The molecule has 4 nitrogen and oxygen atoms in total. The molecule has 5 heteroatoms. The zero-order chi connectivity index (χ0) is 16.6. The molecule has 0 aliphatic heterocycles. The van der Waals surface area contributed by atoms with E-state index in [1.165, 1.54) is 38.5 Å². The van der Waals surface area contributed by atoms with E-state index in [2.05, 4.69) is 15.6 Å². The van der Waals surface area contributed by atoms with E-state index in [4.69, 9.17) is 17.0 Å². The van der Waals surface area contributed by atoms with Crippen molar-refractivity contribution in [2.75, 3.05) is 5.32 Å². The van der Waals surface area contributed by atoms with Crippen molar-refractivity contribution in [2.45, 2.75) is 44.6 Å². The third-order valence-corrected chi connectivity index (χ3v) is 4.37. The van der Waals surface area contributed by atoms with Crippen molar-refractivity contribution >= 4 is 23.0 Å². The number of aromatic nitrogens is 1. The van der Waals surface area contributed by atoms with Gasteiger partial charge in [-0.05, 0) is 43.3 Å². The molecule has 3 rings (SSSR count). The van der Waals surface area contributed by atoms with Crippen LogP contribution in [0, 0.1) is 0 Å². The number of pyridine rings is 1. The second-order valence-corrected chi connectivity index (χ2v) is 6.50. The van der Waals surface area contributed by atoms with Gasteiger partial charge in [0.05, 0.1) is 11.9 Å². The fourth-order valence-corrected chi connectivity index (χ4v) is 3.18. The van der Waals surface area contributed by atoms with Gasteiger partial charge in [0.15, 0.2) is 5.11 Å². The Morgan fingerprint density at radius 1 is 1.00 bits per heavy atom. The van der Waals surface area contributed by atoms with Crippen LogP contribution in [-0.2, 0) is 0 Å². The van der Waals surface area contributed by atoms with E-state index in [0.29, 0.717) is 17.0 Å². The molecule has 0 atom stereocenters. The van der Waals surface area contributed by atoms with Gasteiger partial charge in [-0.1, -0.05) is 43.9 Å². The molecule has 1 aliphatic carbocycles. The van der Waals surface area contributed by atoms with Crippen molar-refractivity contribution in [1.82, 2.24) is 10.3 Å². The first-order valence-corrected chi connectivity index (χ1v) is 8.97. The number of benzene rings is 1. The molecule has 0 saturated heterocycles. The lowest BCUT2D eigenvalue weighted by molar-refractivity contribution is 0.463. The van der Waals surface area contributed by atoms with Crippen molar-refractivity contribution < 1.29 is 4.74 Å². The average Bonchev–Trinajstić information content (AvgIpc) is 2.86. The SMILES string of the molecule is S=C(Nc1ccc(Oc2ccccc2)nc1)NC1CCCCCC1. The molecular formula is C19H23N3OS. The minimum Gasteiger partial charge on any atom is -0.439 e. The fourth-order valence-electron chi connectivity index (χ4n) is 2.90. The van der Waals surface area contributed by atoms with Crippen LogP contribution in [0.2, 0.25) is 0 Å². The summed E-state index contributed by atoms with van der Waals surface area (Å²) in [6.07, 6.45) is 9.38. The number of nitrogens with zero attached hydrogens (tertiary/aromatic N) is 1. The van der Waals surface area contributed by atoms with Crippen LogP contribution in [0.25, 0.3) is 0 Å². The predicted molar refractivity (Wildman–Crippen MR) is 102 cm³/mol. The Morgan fingerprint density at radius 2 is 1.75 bits per heavy atom. The van der Waals surface area contributed by atoms with Crippen LogP contribution in [0.1, 0.15) is 38.5 Å². The number of para-hydroxylation sites is 1. The molecule has 0 amide bonds. The highest BCUT2D eigenvalue weighted by Crippen LogP contribution is 2.20. The van der Waals surface area contributed by atoms with Gasteiger partial charge in [-0.25, -0.2) is 4.98 Å². The van der Waals surface area contributed by atoms with Crippen molar-refractivity contribution in [3.8, 4) is 11.6 Å². The summed E-state index contributed by atoms with van der Waals surface area (Å²) in [6, 6.07) is 13.9. The van der Waals surface area contributed by atoms with Crippen molar-refractivity contribution in [3.63, 3.8) is 0 Å². The summed E-state index contributed by atoms with van der Waals surface area (Å²) >= 11 is 5.42. The van der Waals surface area contributed by atoms with Crippen LogP contribution in [0.4, 0.5) is 5.69 Å². The van der Waals surface area contributed by atoms with E-state index in [-0.39, 0.29) is 0 Å². The maximum absolute atomic E-state index is 5.69. The number of rotatable bonds is 4. The third kappa shape index (κ3) is 5.20. The first-order chi connectivity index (χ1) is 11.8. The Labute approximate surface area is 148 Å². The van der Waals surface area contributed by atoms with Gasteiger partial charge < -0.3 is 15.4 Å². The first-order valence-electron chi connectivity index (χ1n) is 8.56. The van der Waals surface area contributed by atoms with E-state index in [1.807, 2.05) is 42.5 Å². The van der Waals surface area contributed by atoms with Crippen LogP contribution >= 0.6 is 12.2 Å². The zero-order valence-corrected chi connectivity index (χ0v) is 14.5. The minimum atomic E-state index is 0.487. The maximum Gasteiger partial charge on any atom is 0.219 e. The van der Waals surface area contributed by atoms with E-state index in [9.17, 15) is 0 Å². The van der Waals surface area contributed by atoms with Crippen molar-refractivity contribution in [3.05, 3.63) is 48.7 Å². The van der Waals surface area contributed by atoms with E-state index in [0.717, 1.165) is 11.4 Å². The second kappa shape index (κ2) is 8.64. The highest BCUT2D eigenvalue weighted by atomic mass is 32.1. The van der Waals surface area contributed by atoms with Gasteiger partial charge in [0.25, 0.3) is 0 Å². The van der Waals surface area contributed by atoms with Gasteiger partial charge in [-0.15, -0.1) is 0 Å². The number of nitrogens with one attached hydrogen (secondary N) is 2. The molecule has 0 radical (unpaired) electrons. The summed E-state index contributed by atoms with van der Waals surface area (Å²) in [5.74, 6) is 1.34. The van der Waals surface area contributed by atoms with Crippen molar-refractivity contribution in [2.24, 2.45) is 0 Å². The summed E-state index contributed by atoms with van der Waals surface area (Å²) in [4.78, 5) is 4.32. The summed E-state index contributed by atoms with van der Waals surface area (Å²) in [5.41, 5.74) is 0.863. The van der Waals surface area contributed by atoms with Crippen LogP contribution in [-0.4, -0.2) is 16.1 Å². The lowest BCUT2D eigenvalue weighted by Crippen LogP contribution is -2.37. The highest BCUT2D eigenvalue weighted by molar-refractivity contribution is 7.80. The molecule has 0 spiro atoms. The first kappa shape index (κ1) is 16.7. The van der Waals surface area contributed by atoms with Gasteiger partial charge in [0.2, 0.25) is 5.88 Å². The van der Waals surface area contributed by atoms with Crippen molar-refractivity contribution in [1.29, 1.82) is 0 Å². The standard InChI is InChI=1S/C19H23N3OS/c24-19(21-15-8-4-1-2-5-9-15)22-16-12-13-18(20-14-16)23-17-10-6-3-7-11-17/h3,6-7,10-15H,1-2,4-5,8-9H2,(H2,21,22,24). The molecule has 1 fully saturated rings. The molecule has 1 aliphatic rings. The minimum absolute atomic E-state index is 0.487.